The largest absolute Gasteiger partial charge is 0.506 e. The first-order chi connectivity index (χ1) is 20.0. The molecule has 3 aromatic rings. The molecule has 1 aliphatic heterocycles. The molecule has 1 fully saturated rings. The Kier molecular flexibility index (Phi) is 9.61. The van der Waals surface area contributed by atoms with Crippen molar-refractivity contribution >= 4 is 48.9 Å². The highest BCUT2D eigenvalue weighted by Gasteiger charge is 2.31. The van der Waals surface area contributed by atoms with E-state index < -0.39 is 37.7 Å². The van der Waals surface area contributed by atoms with Crippen LogP contribution in [0.3, 0.4) is 0 Å². The van der Waals surface area contributed by atoms with Gasteiger partial charge < -0.3 is 10.4 Å². The van der Waals surface area contributed by atoms with Crippen molar-refractivity contribution in [3.63, 3.8) is 0 Å². The van der Waals surface area contributed by atoms with Gasteiger partial charge in [-0.3, -0.25) is 14.4 Å². The first-order valence-corrected chi connectivity index (χ1v) is 16.7. The van der Waals surface area contributed by atoms with Gasteiger partial charge in [-0.15, -0.1) is 0 Å². The summed E-state index contributed by atoms with van der Waals surface area (Å²) in [6, 6.07) is 12.8. The third-order valence-corrected chi connectivity index (χ3v) is 9.62. The number of sulfonamides is 2. The Bertz CT molecular complexity index is 1710. The van der Waals surface area contributed by atoms with E-state index in [1.165, 1.54) is 52.8 Å². The highest BCUT2D eigenvalue weighted by molar-refractivity contribution is 7.92. The summed E-state index contributed by atoms with van der Waals surface area (Å²) in [5, 5.41) is 12.7. The maximum Gasteiger partial charge on any atom is 0.416 e. The molecule has 0 aliphatic carbocycles. The Morgan fingerprint density at radius 2 is 1.60 bits per heavy atom. The van der Waals surface area contributed by atoms with Crippen molar-refractivity contribution in [2.45, 2.75) is 6.18 Å². The molecule has 0 bridgehead atoms. The zero-order valence-electron chi connectivity index (χ0n) is 22.7. The zero-order chi connectivity index (χ0) is 31.6. The van der Waals surface area contributed by atoms with Crippen molar-refractivity contribution in [2.75, 3.05) is 54.8 Å². The van der Waals surface area contributed by atoms with Gasteiger partial charge in [-0.25, -0.2) is 16.8 Å². The van der Waals surface area contributed by atoms with E-state index in [9.17, 15) is 39.9 Å². The van der Waals surface area contributed by atoms with Gasteiger partial charge in [0, 0.05) is 54.6 Å². The molecule has 0 aromatic heterocycles. The maximum absolute atomic E-state index is 12.9. The first kappa shape index (κ1) is 32.5. The summed E-state index contributed by atoms with van der Waals surface area (Å²) in [5.74, 6) is -1.23. The molecule has 1 heterocycles. The fourth-order valence-corrected chi connectivity index (χ4v) is 6.59. The van der Waals surface area contributed by atoms with Crippen LogP contribution in [0.4, 0.5) is 24.5 Å². The smallest absolute Gasteiger partial charge is 0.416 e. The van der Waals surface area contributed by atoms with E-state index in [0.29, 0.717) is 24.2 Å². The molecular formula is C27H28ClF3N4O6S2. The molecule has 16 heteroatoms. The van der Waals surface area contributed by atoms with E-state index in [0.717, 1.165) is 18.4 Å². The first-order valence-electron chi connectivity index (χ1n) is 12.8. The highest BCUT2D eigenvalue weighted by Crippen LogP contribution is 2.36. The standard InChI is InChI=1S/C27H28ClF3N4O6S2/c1-42(38,39)35-12-10-34(11-13-35)14-15-43(40,41)33-24-17-21(7-9-25(24)36)32-26(37)19-4-2-18(3-5-19)22-8-6-20(16-23(22)28)27(29,30)31/h2-9,16-17,33,36H,10-15H2,1H3,(H,32,37). The number of hydrogen-bond acceptors (Lipinski definition) is 7. The quantitative estimate of drug-likeness (QED) is 0.230. The summed E-state index contributed by atoms with van der Waals surface area (Å²) in [6.07, 6.45) is -3.41. The molecule has 10 nitrogen and oxygen atoms in total. The van der Waals surface area contributed by atoms with Crippen LogP contribution in [0, 0.1) is 0 Å². The third kappa shape index (κ3) is 8.60. The number of rotatable bonds is 9. The van der Waals surface area contributed by atoms with Gasteiger partial charge >= 0.3 is 6.18 Å². The fraction of sp³-hybridized carbons (Fsp3) is 0.296. The molecule has 0 radical (unpaired) electrons. The van der Waals surface area contributed by atoms with Gasteiger partial charge in [-0.1, -0.05) is 29.8 Å². The highest BCUT2D eigenvalue weighted by atomic mass is 35.5. The van der Waals surface area contributed by atoms with Crippen LogP contribution in [0.15, 0.2) is 60.7 Å². The van der Waals surface area contributed by atoms with Gasteiger partial charge in [0.15, 0.2) is 0 Å². The van der Waals surface area contributed by atoms with Crippen LogP contribution in [-0.4, -0.2) is 81.8 Å². The second kappa shape index (κ2) is 12.7. The van der Waals surface area contributed by atoms with Crippen LogP contribution in [0.2, 0.25) is 5.02 Å². The summed E-state index contributed by atoms with van der Waals surface area (Å²) < 4.78 is 91.1. The van der Waals surface area contributed by atoms with E-state index in [2.05, 4.69) is 10.0 Å². The molecule has 0 atom stereocenters. The topological polar surface area (TPSA) is 136 Å². The maximum atomic E-state index is 12.9. The average molecular weight is 661 g/mol. The molecular weight excluding hydrogens is 633 g/mol. The number of carbonyl (C=O) groups excluding carboxylic acids is 1. The number of phenolic OH excluding ortho intramolecular Hbond substituents is 1. The molecule has 0 unspecified atom stereocenters. The van der Waals surface area contributed by atoms with Crippen molar-refractivity contribution in [1.82, 2.24) is 9.21 Å². The molecule has 43 heavy (non-hydrogen) atoms. The van der Waals surface area contributed by atoms with E-state index in [-0.39, 0.29) is 53.1 Å². The summed E-state index contributed by atoms with van der Waals surface area (Å²) in [5.41, 5.74) is 0.220. The number of phenols is 1. The van der Waals surface area contributed by atoms with Gasteiger partial charge in [0.2, 0.25) is 20.0 Å². The van der Waals surface area contributed by atoms with Gasteiger partial charge in [0.1, 0.15) is 5.75 Å². The lowest BCUT2D eigenvalue weighted by Crippen LogP contribution is -2.49. The van der Waals surface area contributed by atoms with Crippen LogP contribution in [0.1, 0.15) is 15.9 Å². The van der Waals surface area contributed by atoms with E-state index in [1.54, 1.807) is 0 Å². The molecule has 0 saturated carbocycles. The zero-order valence-corrected chi connectivity index (χ0v) is 25.1. The Morgan fingerprint density at radius 1 is 0.953 bits per heavy atom. The lowest BCUT2D eigenvalue weighted by Gasteiger charge is -2.33. The molecule has 3 N–H and O–H groups in total. The fourth-order valence-electron chi connectivity index (χ4n) is 4.38. The SMILES string of the molecule is CS(=O)(=O)N1CCN(CCS(=O)(=O)Nc2cc(NC(=O)c3ccc(-c4ccc(C(F)(F)F)cc4Cl)cc3)ccc2O)CC1. The summed E-state index contributed by atoms with van der Waals surface area (Å²) in [7, 11) is -7.22. The number of carbonyl (C=O) groups is 1. The van der Waals surface area contributed by atoms with E-state index in [4.69, 9.17) is 11.6 Å². The third-order valence-electron chi connectivity index (χ3n) is 6.75. The minimum Gasteiger partial charge on any atom is -0.506 e. The van der Waals surface area contributed by atoms with Crippen LogP contribution in [-0.2, 0) is 26.2 Å². The molecule has 4 rings (SSSR count). The number of halogens is 4. The van der Waals surface area contributed by atoms with Crippen molar-refractivity contribution < 1.29 is 39.9 Å². The van der Waals surface area contributed by atoms with Crippen molar-refractivity contribution in [1.29, 1.82) is 0 Å². The summed E-state index contributed by atoms with van der Waals surface area (Å²) >= 11 is 6.06. The lowest BCUT2D eigenvalue weighted by molar-refractivity contribution is -0.137. The minimum atomic E-state index is -4.53. The number of nitrogens with zero attached hydrogens (tertiary/aromatic N) is 2. The number of alkyl halides is 3. The van der Waals surface area contributed by atoms with Crippen molar-refractivity contribution in [3.05, 3.63) is 76.8 Å². The molecule has 3 aromatic carbocycles. The molecule has 1 aliphatic rings. The van der Waals surface area contributed by atoms with Gasteiger partial charge in [0.25, 0.3) is 5.91 Å². The van der Waals surface area contributed by atoms with Crippen LogP contribution in [0.5, 0.6) is 5.75 Å². The summed E-state index contributed by atoms with van der Waals surface area (Å²) in [4.78, 5) is 14.6. The predicted octanol–water partition coefficient (Wildman–Crippen LogP) is 4.30. The van der Waals surface area contributed by atoms with Crippen molar-refractivity contribution in [2.24, 2.45) is 0 Å². The normalized spacial score (nSPS) is 15.3. The summed E-state index contributed by atoms with van der Waals surface area (Å²) in [6.45, 7) is 1.44. The minimum absolute atomic E-state index is 0.0966. The molecule has 0 spiro atoms. The second-order valence-corrected chi connectivity index (χ2v) is 14.1. The number of nitrogens with one attached hydrogen (secondary N) is 2. The molecule has 1 saturated heterocycles. The number of amides is 1. The van der Waals surface area contributed by atoms with Crippen LogP contribution >= 0.6 is 11.6 Å². The van der Waals surface area contributed by atoms with E-state index >= 15 is 0 Å². The van der Waals surface area contributed by atoms with E-state index in [1.807, 2.05) is 4.90 Å². The number of aromatic hydroxyl groups is 1. The molecule has 232 valence electrons. The number of hydrogen-bond donors (Lipinski definition) is 3. The van der Waals surface area contributed by atoms with Gasteiger partial charge in [-0.05, 0) is 48.0 Å². The van der Waals surface area contributed by atoms with Gasteiger partial charge in [-0.2, -0.15) is 17.5 Å². The predicted molar refractivity (Wildman–Crippen MR) is 158 cm³/mol. The lowest BCUT2D eigenvalue weighted by atomic mass is 10.0. The Morgan fingerprint density at radius 3 is 2.19 bits per heavy atom. The van der Waals surface area contributed by atoms with Crippen molar-refractivity contribution in [3.8, 4) is 16.9 Å². The van der Waals surface area contributed by atoms with Crippen LogP contribution < -0.4 is 10.0 Å². The number of benzene rings is 3. The Balaban J connectivity index is 1.37. The average Bonchev–Trinajstić information content (AvgIpc) is 2.93. The Hall–Kier alpha value is -3.37. The Labute approximate surface area is 252 Å². The van der Waals surface area contributed by atoms with Gasteiger partial charge in [0.05, 0.1) is 23.3 Å². The number of anilines is 2. The number of piperazine rings is 1. The monoisotopic (exact) mass is 660 g/mol. The second-order valence-electron chi connectivity index (χ2n) is 9.88. The van der Waals surface area contributed by atoms with Crippen LogP contribution in [0.25, 0.3) is 11.1 Å². The molecule has 1 amide bonds.